The van der Waals surface area contributed by atoms with E-state index in [2.05, 4.69) is 34.6 Å². The largest absolute Gasteiger partial charge is 0.390 e. The molecule has 2 N–H and O–H groups in total. The van der Waals surface area contributed by atoms with Crippen molar-refractivity contribution in [2.75, 3.05) is 0 Å². The van der Waals surface area contributed by atoms with E-state index in [4.69, 9.17) is 0 Å². The summed E-state index contributed by atoms with van der Waals surface area (Å²) in [6, 6.07) is 0. The van der Waals surface area contributed by atoms with E-state index in [1.807, 2.05) is 6.92 Å². The maximum atomic E-state index is 10.7. The van der Waals surface area contributed by atoms with E-state index >= 15 is 0 Å². The summed E-state index contributed by atoms with van der Waals surface area (Å²) in [5.41, 5.74) is 0.0808. The summed E-state index contributed by atoms with van der Waals surface area (Å²) >= 11 is 0. The molecule has 0 unspecified atom stereocenters. The molecule has 180 valence electrons. The SMILES string of the molecule is CCC[C@@](C)(O)CC[C@@H](C)[C@H]1CC[C@H]2[C@@H]3CC[C@@H]4C[C@@](C)(O)CC[C@]4(C)[C@H]3CC[C@]12C. The second-order valence-electron chi connectivity index (χ2n) is 13.8. The van der Waals surface area contributed by atoms with Crippen molar-refractivity contribution in [3.63, 3.8) is 0 Å². The van der Waals surface area contributed by atoms with Crippen LogP contribution in [0.1, 0.15) is 125 Å². The number of hydrogen-bond acceptors (Lipinski definition) is 2. The fraction of sp³-hybridized carbons (Fsp3) is 1.00. The third-order valence-corrected chi connectivity index (χ3v) is 11.6. The second kappa shape index (κ2) is 8.30. The van der Waals surface area contributed by atoms with E-state index in [1.54, 1.807) is 0 Å². The van der Waals surface area contributed by atoms with Crippen LogP contribution in [0.3, 0.4) is 0 Å². The Hall–Kier alpha value is -0.0800. The van der Waals surface area contributed by atoms with Crippen molar-refractivity contribution < 1.29 is 10.2 Å². The van der Waals surface area contributed by atoms with Gasteiger partial charge < -0.3 is 10.2 Å². The summed E-state index contributed by atoms with van der Waals surface area (Å²) in [4.78, 5) is 0. The Bertz CT molecular complexity index is 639. The van der Waals surface area contributed by atoms with Crippen LogP contribution in [0.2, 0.25) is 0 Å². The van der Waals surface area contributed by atoms with Crippen LogP contribution < -0.4 is 0 Å². The highest BCUT2D eigenvalue weighted by atomic mass is 16.3. The average molecular weight is 433 g/mol. The average Bonchev–Trinajstić information content (AvgIpc) is 3.04. The molecule has 0 spiro atoms. The van der Waals surface area contributed by atoms with Gasteiger partial charge in [-0.1, -0.05) is 34.1 Å². The maximum absolute atomic E-state index is 10.7. The molecule has 0 aliphatic heterocycles. The Labute approximate surface area is 193 Å². The molecule has 0 saturated heterocycles. The standard InChI is InChI=1S/C29H52O2/c1-7-14-26(3,30)15-12-20(2)23-10-11-24-22-9-8-21-19-27(4,31)17-18-28(21,5)25(22)13-16-29(23,24)6/h20-25,30-31H,7-19H2,1-6H3/t20-,21-,22+,23-,24+,25+,26-,27+,28+,29-/m1/s1. The highest BCUT2D eigenvalue weighted by molar-refractivity contribution is 5.10. The summed E-state index contributed by atoms with van der Waals surface area (Å²) in [5.74, 6) is 5.03. The molecule has 4 aliphatic carbocycles. The molecule has 10 atom stereocenters. The van der Waals surface area contributed by atoms with E-state index in [-0.39, 0.29) is 0 Å². The number of fused-ring (bicyclic) bond motifs is 5. The minimum Gasteiger partial charge on any atom is -0.390 e. The van der Waals surface area contributed by atoms with Gasteiger partial charge in [-0.05, 0) is 137 Å². The monoisotopic (exact) mass is 432 g/mol. The van der Waals surface area contributed by atoms with E-state index in [0.29, 0.717) is 10.8 Å². The van der Waals surface area contributed by atoms with Crippen LogP contribution in [0.5, 0.6) is 0 Å². The molecule has 4 saturated carbocycles. The third-order valence-electron chi connectivity index (χ3n) is 11.6. The molecule has 0 bridgehead atoms. The zero-order chi connectivity index (χ0) is 22.7. The van der Waals surface area contributed by atoms with Gasteiger partial charge in [0.2, 0.25) is 0 Å². The molecule has 4 rings (SSSR count). The van der Waals surface area contributed by atoms with Crippen LogP contribution in [-0.2, 0) is 0 Å². The molecule has 2 nitrogen and oxygen atoms in total. The first kappa shape index (κ1) is 24.1. The molecule has 0 heterocycles. The van der Waals surface area contributed by atoms with Crippen molar-refractivity contribution in [3.8, 4) is 0 Å². The molecular weight excluding hydrogens is 380 g/mol. The van der Waals surface area contributed by atoms with Crippen LogP contribution in [-0.4, -0.2) is 21.4 Å². The predicted octanol–water partition coefficient (Wildman–Crippen LogP) is 7.36. The molecule has 0 aromatic rings. The minimum atomic E-state index is -0.477. The normalized spacial score (nSPS) is 50.1. The zero-order valence-corrected chi connectivity index (χ0v) is 21.6. The Balaban J connectivity index is 1.45. The molecular formula is C29H52O2. The summed E-state index contributed by atoms with van der Waals surface area (Å²) in [6.45, 7) is 14.1. The first-order chi connectivity index (χ1) is 14.4. The summed E-state index contributed by atoms with van der Waals surface area (Å²) in [6.07, 6.45) is 15.9. The van der Waals surface area contributed by atoms with Crippen molar-refractivity contribution in [2.24, 2.45) is 46.3 Å². The topological polar surface area (TPSA) is 40.5 Å². The quantitative estimate of drug-likeness (QED) is 0.460. The predicted molar refractivity (Wildman–Crippen MR) is 130 cm³/mol. The third kappa shape index (κ3) is 4.27. The molecule has 0 aromatic heterocycles. The molecule has 0 amide bonds. The van der Waals surface area contributed by atoms with Crippen molar-refractivity contribution >= 4 is 0 Å². The zero-order valence-electron chi connectivity index (χ0n) is 21.6. The van der Waals surface area contributed by atoms with E-state index < -0.39 is 11.2 Å². The van der Waals surface area contributed by atoms with Gasteiger partial charge in [-0.2, -0.15) is 0 Å². The van der Waals surface area contributed by atoms with Gasteiger partial charge >= 0.3 is 0 Å². The first-order valence-electron chi connectivity index (χ1n) is 13.9. The summed E-state index contributed by atoms with van der Waals surface area (Å²) < 4.78 is 0. The Kier molecular flexibility index (Phi) is 6.44. The lowest BCUT2D eigenvalue weighted by atomic mass is 9.43. The lowest BCUT2D eigenvalue weighted by Gasteiger charge is -2.62. The summed E-state index contributed by atoms with van der Waals surface area (Å²) in [7, 11) is 0. The number of hydrogen-bond donors (Lipinski definition) is 2. The molecule has 4 fully saturated rings. The summed E-state index contributed by atoms with van der Waals surface area (Å²) in [5, 5.41) is 21.4. The van der Waals surface area contributed by atoms with Crippen molar-refractivity contribution in [3.05, 3.63) is 0 Å². The van der Waals surface area contributed by atoms with Crippen molar-refractivity contribution in [2.45, 2.75) is 136 Å². The van der Waals surface area contributed by atoms with E-state index in [0.717, 1.165) is 67.6 Å². The second-order valence-corrected chi connectivity index (χ2v) is 13.8. The van der Waals surface area contributed by atoms with Gasteiger partial charge in [0.15, 0.2) is 0 Å². The van der Waals surface area contributed by atoms with Crippen molar-refractivity contribution in [1.29, 1.82) is 0 Å². The van der Waals surface area contributed by atoms with Crippen LogP contribution in [0.4, 0.5) is 0 Å². The van der Waals surface area contributed by atoms with Gasteiger partial charge in [0.05, 0.1) is 11.2 Å². The fourth-order valence-electron chi connectivity index (χ4n) is 9.81. The van der Waals surface area contributed by atoms with Gasteiger partial charge in [-0.3, -0.25) is 0 Å². The lowest BCUT2D eigenvalue weighted by molar-refractivity contribution is -0.148. The Morgan fingerprint density at radius 1 is 0.903 bits per heavy atom. The van der Waals surface area contributed by atoms with Crippen molar-refractivity contribution in [1.82, 2.24) is 0 Å². The first-order valence-corrected chi connectivity index (χ1v) is 13.9. The minimum absolute atomic E-state index is 0.424. The van der Waals surface area contributed by atoms with Gasteiger partial charge in [0.25, 0.3) is 0 Å². The molecule has 4 aliphatic rings. The maximum Gasteiger partial charge on any atom is 0.0622 e. The van der Waals surface area contributed by atoms with Crippen LogP contribution in [0, 0.1) is 46.3 Å². The van der Waals surface area contributed by atoms with Gasteiger partial charge in [-0.25, -0.2) is 0 Å². The van der Waals surface area contributed by atoms with Crippen LogP contribution >= 0.6 is 0 Å². The van der Waals surface area contributed by atoms with Crippen LogP contribution in [0.15, 0.2) is 0 Å². The van der Waals surface area contributed by atoms with Gasteiger partial charge in [0, 0.05) is 0 Å². The Morgan fingerprint density at radius 3 is 2.32 bits per heavy atom. The van der Waals surface area contributed by atoms with Crippen LogP contribution in [0.25, 0.3) is 0 Å². The highest BCUT2D eigenvalue weighted by Gasteiger charge is 2.61. The number of aliphatic hydroxyl groups is 2. The van der Waals surface area contributed by atoms with E-state index in [1.165, 1.54) is 51.4 Å². The highest BCUT2D eigenvalue weighted by Crippen LogP contribution is 2.68. The van der Waals surface area contributed by atoms with Gasteiger partial charge in [0.1, 0.15) is 0 Å². The smallest absolute Gasteiger partial charge is 0.0622 e. The molecule has 31 heavy (non-hydrogen) atoms. The Morgan fingerprint density at radius 2 is 1.61 bits per heavy atom. The van der Waals surface area contributed by atoms with E-state index in [9.17, 15) is 10.2 Å². The molecule has 0 radical (unpaired) electrons. The number of rotatable bonds is 6. The lowest BCUT2D eigenvalue weighted by Crippen LogP contribution is -2.55. The molecule has 2 heteroatoms. The fourth-order valence-corrected chi connectivity index (χ4v) is 9.81. The molecule has 0 aromatic carbocycles. The van der Waals surface area contributed by atoms with Gasteiger partial charge in [-0.15, -0.1) is 0 Å².